The molecule has 0 saturated heterocycles. The molecule has 0 saturated carbocycles. The van der Waals surface area contributed by atoms with Crippen LogP contribution in [0, 0.1) is 0 Å². The highest BCUT2D eigenvalue weighted by molar-refractivity contribution is 6.39. The number of hydrogen-bond donors (Lipinski definition) is 1. The third-order valence-electron chi connectivity index (χ3n) is 5.02. The van der Waals surface area contributed by atoms with Gasteiger partial charge in [-0.15, -0.1) is 9.83 Å². The second-order valence-electron chi connectivity index (χ2n) is 7.05. The van der Waals surface area contributed by atoms with Gasteiger partial charge in [-0.2, -0.15) is 10.1 Å². The maximum absolute atomic E-state index is 13.2. The Labute approximate surface area is 197 Å². The van der Waals surface area contributed by atoms with E-state index in [1.54, 1.807) is 30.5 Å². The standard InChI is InChI=1S/C22H15Cl2N7O2/c1-33-31-20-13(9-15(21(31)32)19-16(23)6-3-7-17(19)24)10-25-22(28-20)27-14-5-2-4-12(8-14)18-11-26-30-29-18/h2-10H,11H2,1H3,(H,25,27,28). The SMILES string of the molecule is COn1c(=O)c(-c2c(Cl)cccc2Cl)cc2cnc(Nc3cccc(C4=NN=NC4)c3)nc21. The van der Waals surface area contributed by atoms with E-state index in [2.05, 4.69) is 30.7 Å². The first-order valence-electron chi connectivity index (χ1n) is 9.77. The van der Waals surface area contributed by atoms with E-state index in [1.807, 2.05) is 24.3 Å². The Hall–Kier alpha value is -3.82. The largest absolute Gasteiger partial charge is 0.412 e. The summed E-state index contributed by atoms with van der Waals surface area (Å²) in [6.45, 7) is 0.438. The molecular formula is C22H15Cl2N7O2. The summed E-state index contributed by atoms with van der Waals surface area (Å²) in [6.07, 6.45) is 1.59. The van der Waals surface area contributed by atoms with Crippen LogP contribution in [0.2, 0.25) is 10.0 Å². The minimum Gasteiger partial charge on any atom is -0.412 e. The molecular weight excluding hydrogens is 465 g/mol. The van der Waals surface area contributed by atoms with Gasteiger partial charge in [-0.3, -0.25) is 4.79 Å². The molecule has 0 unspecified atom stereocenters. The number of aromatic nitrogens is 3. The van der Waals surface area contributed by atoms with E-state index in [-0.39, 0.29) is 11.5 Å². The molecule has 2 aromatic carbocycles. The van der Waals surface area contributed by atoms with Crippen molar-refractivity contribution in [2.75, 3.05) is 19.0 Å². The molecule has 164 valence electrons. The van der Waals surface area contributed by atoms with Crippen molar-refractivity contribution in [3.63, 3.8) is 0 Å². The van der Waals surface area contributed by atoms with Gasteiger partial charge >= 0.3 is 0 Å². The molecule has 0 spiro atoms. The summed E-state index contributed by atoms with van der Waals surface area (Å²) >= 11 is 12.6. The predicted molar refractivity (Wildman–Crippen MR) is 128 cm³/mol. The lowest BCUT2D eigenvalue weighted by atomic mass is 10.1. The smallest absolute Gasteiger partial charge is 0.293 e. The fraction of sp³-hybridized carbons (Fsp3) is 0.0909. The van der Waals surface area contributed by atoms with Crippen molar-refractivity contribution in [3.05, 3.63) is 80.7 Å². The molecule has 5 rings (SSSR count). The quantitative estimate of drug-likeness (QED) is 0.444. The first-order chi connectivity index (χ1) is 16.0. The van der Waals surface area contributed by atoms with Gasteiger partial charge in [-0.1, -0.05) is 41.4 Å². The van der Waals surface area contributed by atoms with Crippen molar-refractivity contribution < 1.29 is 4.84 Å². The molecule has 0 amide bonds. The van der Waals surface area contributed by atoms with Gasteiger partial charge in [0.2, 0.25) is 5.95 Å². The van der Waals surface area contributed by atoms with Crippen molar-refractivity contribution in [2.24, 2.45) is 15.4 Å². The van der Waals surface area contributed by atoms with Crippen LogP contribution in [-0.2, 0) is 0 Å². The number of anilines is 2. The van der Waals surface area contributed by atoms with Gasteiger partial charge in [0, 0.05) is 28.4 Å². The second kappa shape index (κ2) is 8.61. The monoisotopic (exact) mass is 479 g/mol. The van der Waals surface area contributed by atoms with Crippen molar-refractivity contribution >= 4 is 51.6 Å². The number of pyridine rings is 1. The lowest BCUT2D eigenvalue weighted by molar-refractivity contribution is 0.168. The van der Waals surface area contributed by atoms with Gasteiger partial charge in [0.1, 0.15) is 13.7 Å². The molecule has 1 aliphatic heterocycles. The Kier molecular flexibility index (Phi) is 5.49. The molecule has 0 radical (unpaired) electrons. The highest BCUT2D eigenvalue weighted by Gasteiger charge is 2.18. The van der Waals surface area contributed by atoms with E-state index in [4.69, 9.17) is 28.0 Å². The third-order valence-corrected chi connectivity index (χ3v) is 5.65. The maximum atomic E-state index is 13.2. The van der Waals surface area contributed by atoms with Gasteiger partial charge in [0.25, 0.3) is 5.56 Å². The Bertz CT molecular complexity index is 1490. The van der Waals surface area contributed by atoms with Crippen molar-refractivity contribution in [1.82, 2.24) is 14.7 Å². The number of hydrogen-bond acceptors (Lipinski definition) is 8. The molecule has 4 aromatic rings. The average Bonchev–Trinajstić information content (AvgIpc) is 3.35. The highest BCUT2D eigenvalue weighted by Crippen LogP contribution is 2.33. The minimum absolute atomic E-state index is 0.283. The van der Waals surface area contributed by atoms with Gasteiger partial charge < -0.3 is 10.2 Å². The number of halogens is 2. The first-order valence-corrected chi connectivity index (χ1v) is 10.5. The van der Waals surface area contributed by atoms with Crippen LogP contribution in [0.15, 0.2) is 75.0 Å². The topological polar surface area (TPSA) is 106 Å². The molecule has 0 aliphatic carbocycles. The van der Waals surface area contributed by atoms with E-state index in [1.165, 1.54) is 7.11 Å². The van der Waals surface area contributed by atoms with Crippen LogP contribution in [0.1, 0.15) is 5.56 Å². The molecule has 11 heteroatoms. The zero-order chi connectivity index (χ0) is 22.9. The van der Waals surface area contributed by atoms with Gasteiger partial charge in [-0.05, 0) is 35.6 Å². The third kappa shape index (κ3) is 3.92. The summed E-state index contributed by atoms with van der Waals surface area (Å²) in [5, 5.41) is 16.0. The van der Waals surface area contributed by atoms with Crippen LogP contribution in [0.4, 0.5) is 11.6 Å². The molecule has 0 bridgehead atoms. The fourth-order valence-electron chi connectivity index (χ4n) is 3.50. The second-order valence-corrected chi connectivity index (χ2v) is 7.87. The normalized spacial score (nSPS) is 12.8. The number of benzene rings is 2. The van der Waals surface area contributed by atoms with Crippen LogP contribution < -0.4 is 15.7 Å². The van der Waals surface area contributed by atoms with Gasteiger partial charge in [0.05, 0.1) is 21.3 Å². The average molecular weight is 480 g/mol. The lowest BCUT2D eigenvalue weighted by Gasteiger charge is -2.13. The molecule has 1 aliphatic rings. The van der Waals surface area contributed by atoms with Crippen LogP contribution in [0.3, 0.4) is 0 Å². The Balaban J connectivity index is 1.56. The number of rotatable bonds is 5. The van der Waals surface area contributed by atoms with Gasteiger partial charge in [0.15, 0.2) is 5.65 Å². The molecule has 9 nitrogen and oxygen atoms in total. The lowest BCUT2D eigenvalue weighted by Crippen LogP contribution is -2.27. The minimum atomic E-state index is -0.446. The number of fused-ring (bicyclic) bond motifs is 1. The zero-order valence-corrected chi connectivity index (χ0v) is 18.7. The zero-order valence-electron chi connectivity index (χ0n) is 17.2. The molecule has 0 fully saturated rings. The fourth-order valence-corrected chi connectivity index (χ4v) is 4.10. The summed E-state index contributed by atoms with van der Waals surface area (Å²) in [5.41, 5.74) is 2.96. The predicted octanol–water partition coefficient (Wildman–Crippen LogP) is 4.74. The van der Waals surface area contributed by atoms with E-state index in [0.717, 1.165) is 21.7 Å². The van der Waals surface area contributed by atoms with E-state index < -0.39 is 5.56 Å². The van der Waals surface area contributed by atoms with E-state index in [0.29, 0.717) is 33.2 Å². The van der Waals surface area contributed by atoms with Crippen LogP contribution in [-0.4, -0.2) is 34.1 Å². The van der Waals surface area contributed by atoms with Crippen molar-refractivity contribution in [1.29, 1.82) is 0 Å². The summed E-state index contributed by atoms with van der Waals surface area (Å²) in [6, 6.07) is 14.3. The molecule has 2 aromatic heterocycles. The summed E-state index contributed by atoms with van der Waals surface area (Å²) < 4.78 is 1.09. The molecule has 0 atom stereocenters. The summed E-state index contributed by atoms with van der Waals surface area (Å²) in [4.78, 5) is 27.4. The molecule has 3 heterocycles. The first kappa shape index (κ1) is 21.0. The van der Waals surface area contributed by atoms with Crippen molar-refractivity contribution in [2.45, 2.75) is 0 Å². The van der Waals surface area contributed by atoms with Gasteiger partial charge in [-0.25, -0.2) is 4.98 Å². The van der Waals surface area contributed by atoms with E-state index >= 15 is 0 Å². The molecule has 1 N–H and O–H groups in total. The number of nitrogens with zero attached hydrogens (tertiary/aromatic N) is 6. The Morgan fingerprint density at radius 3 is 2.61 bits per heavy atom. The molecule has 33 heavy (non-hydrogen) atoms. The van der Waals surface area contributed by atoms with E-state index in [9.17, 15) is 4.79 Å². The summed E-state index contributed by atoms with van der Waals surface area (Å²) in [7, 11) is 1.38. The Morgan fingerprint density at radius 2 is 1.88 bits per heavy atom. The highest BCUT2D eigenvalue weighted by atomic mass is 35.5. The Morgan fingerprint density at radius 1 is 1.09 bits per heavy atom. The maximum Gasteiger partial charge on any atom is 0.293 e. The van der Waals surface area contributed by atoms with Crippen LogP contribution in [0.5, 0.6) is 0 Å². The van der Waals surface area contributed by atoms with Crippen LogP contribution >= 0.6 is 23.2 Å². The van der Waals surface area contributed by atoms with Crippen LogP contribution in [0.25, 0.3) is 22.2 Å². The summed E-state index contributed by atoms with van der Waals surface area (Å²) in [5.74, 6) is 0.288. The van der Waals surface area contributed by atoms with Crippen molar-refractivity contribution in [3.8, 4) is 11.1 Å². The number of nitrogens with one attached hydrogen (secondary N) is 1.